The van der Waals surface area contributed by atoms with Gasteiger partial charge in [0.25, 0.3) is 0 Å². The van der Waals surface area contributed by atoms with Crippen molar-refractivity contribution in [2.45, 2.75) is 30.8 Å². The number of allylic oxidation sites excluding steroid dienone is 1. The van der Waals surface area contributed by atoms with Crippen LogP contribution >= 0.6 is 0 Å². The van der Waals surface area contributed by atoms with Gasteiger partial charge in [0.1, 0.15) is 6.10 Å². The molecule has 0 saturated carbocycles. The van der Waals surface area contributed by atoms with Gasteiger partial charge >= 0.3 is 0 Å². The van der Waals surface area contributed by atoms with Crippen molar-refractivity contribution in [2.24, 2.45) is 0 Å². The first kappa shape index (κ1) is 12.7. The summed E-state index contributed by atoms with van der Waals surface area (Å²) in [5.41, 5.74) is 1.77. The maximum absolute atomic E-state index is 12.6. The molecular weight excluding hydrogens is 266 g/mol. The Hall–Kier alpha value is -1.97. The van der Waals surface area contributed by atoms with E-state index >= 15 is 0 Å². The minimum Gasteiger partial charge on any atom is -0.493 e. The fourth-order valence-electron chi connectivity index (χ4n) is 4.11. The van der Waals surface area contributed by atoms with Crippen LogP contribution in [0.25, 0.3) is 0 Å². The summed E-state index contributed by atoms with van der Waals surface area (Å²) >= 11 is 0. The summed E-state index contributed by atoms with van der Waals surface area (Å²) in [5, 5.41) is 0. The maximum Gasteiger partial charge on any atom is 0.250 e. The molecule has 2 atom stereocenters. The highest BCUT2D eigenvalue weighted by molar-refractivity contribution is 5.98. The minimum absolute atomic E-state index is 0.0569. The van der Waals surface area contributed by atoms with Crippen molar-refractivity contribution in [3.63, 3.8) is 0 Å². The van der Waals surface area contributed by atoms with Gasteiger partial charge in [-0.2, -0.15) is 0 Å². The molecule has 1 spiro atoms. The van der Waals surface area contributed by atoms with Crippen LogP contribution < -0.4 is 9.47 Å². The van der Waals surface area contributed by atoms with Crippen LogP contribution in [0.5, 0.6) is 11.5 Å². The fourth-order valence-corrected chi connectivity index (χ4v) is 4.11. The van der Waals surface area contributed by atoms with E-state index in [0.717, 1.165) is 48.4 Å². The number of likely N-dealkylation sites (tertiary alicyclic amines) is 1. The standard InChI is InChI=1S/C17H19NO3/c1-18-10-9-17-11-5-3-7-13(20-2)15(11)21-14(17)8-4-6-12(17)16(18)19/h3,5-7,14H,4,8-10H2,1-2H3/t14-,17+/m0/s1. The Kier molecular flexibility index (Phi) is 2.59. The van der Waals surface area contributed by atoms with Crippen LogP contribution in [0.15, 0.2) is 29.8 Å². The number of nitrogens with zero attached hydrogens (tertiary/aromatic N) is 1. The molecule has 0 N–H and O–H groups in total. The zero-order valence-electron chi connectivity index (χ0n) is 12.4. The number of piperidine rings is 1. The van der Waals surface area contributed by atoms with Gasteiger partial charge in [0, 0.05) is 24.7 Å². The number of hydrogen-bond donors (Lipinski definition) is 0. The number of para-hydroxylation sites is 1. The van der Waals surface area contributed by atoms with Crippen molar-refractivity contribution in [1.29, 1.82) is 0 Å². The van der Waals surface area contributed by atoms with E-state index in [4.69, 9.17) is 9.47 Å². The molecule has 21 heavy (non-hydrogen) atoms. The topological polar surface area (TPSA) is 38.8 Å². The summed E-state index contributed by atoms with van der Waals surface area (Å²) in [6.45, 7) is 0.771. The highest BCUT2D eigenvalue weighted by atomic mass is 16.5. The van der Waals surface area contributed by atoms with Gasteiger partial charge in [0.05, 0.1) is 12.5 Å². The summed E-state index contributed by atoms with van der Waals surface area (Å²) in [6, 6.07) is 6.01. The van der Waals surface area contributed by atoms with E-state index in [1.165, 1.54) is 0 Å². The second-order valence-corrected chi connectivity index (χ2v) is 6.09. The first-order valence-electron chi connectivity index (χ1n) is 7.48. The number of fused-ring (bicyclic) bond motifs is 1. The number of carbonyl (C=O) groups excluding carboxylic acids is 1. The van der Waals surface area contributed by atoms with E-state index in [9.17, 15) is 4.79 Å². The van der Waals surface area contributed by atoms with Crippen molar-refractivity contribution in [2.75, 3.05) is 20.7 Å². The molecule has 2 heterocycles. The van der Waals surface area contributed by atoms with Crippen molar-refractivity contribution in [3.8, 4) is 11.5 Å². The summed E-state index contributed by atoms with van der Waals surface area (Å²) in [5.74, 6) is 1.74. The minimum atomic E-state index is -0.272. The lowest BCUT2D eigenvalue weighted by Gasteiger charge is -2.44. The normalized spacial score (nSPS) is 30.0. The molecular formula is C17H19NO3. The molecule has 4 rings (SSSR count). The van der Waals surface area contributed by atoms with Crippen molar-refractivity contribution in [3.05, 3.63) is 35.4 Å². The van der Waals surface area contributed by atoms with Crippen LogP contribution in [0.2, 0.25) is 0 Å². The average Bonchev–Trinajstić information content (AvgIpc) is 2.85. The van der Waals surface area contributed by atoms with E-state index in [-0.39, 0.29) is 17.4 Å². The molecule has 110 valence electrons. The number of methoxy groups -OCH3 is 1. The quantitative estimate of drug-likeness (QED) is 0.794. The molecule has 0 bridgehead atoms. The van der Waals surface area contributed by atoms with E-state index in [1.807, 2.05) is 24.1 Å². The monoisotopic (exact) mass is 285 g/mol. The summed E-state index contributed by atoms with van der Waals surface area (Å²) < 4.78 is 11.7. The van der Waals surface area contributed by atoms with Crippen molar-refractivity contribution >= 4 is 5.91 Å². The lowest BCUT2D eigenvalue weighted by atomic mass is 9.63. The number of ether oxygens (including phenoxy) is 2. The number of benzene rings is 1. The fraction of sp³-hybridized carbons (Fsp3) is 0.471. The third-order valence-electron chi connectivity index (χ3n) is 5.17. The first-order chi connectivity index (χ1) is 10.2. The van der Waals surface area contributed by atoms with Gasteiger partial charge in [0.2, 0.25) is 5.91 Å². The average molecular weight is 285 g/mol. The van der Waals surface area contributed by atoms with E-state index in [1.54, 1.807) is 7.11 Å². The van der Waals surface area contributed by atoms with E-state index in [2.05, 4.69) is 12.1 Å². The molecule has 0 unspecified atom stereocenters. The molecule has 4 nitrogen and oxygen atoms in total. The van der Waals surface area contributed by atoms with Crippen molar-refractivity contribution < 1.29 is 14.3 Å². The van der Waals surface area contributed by atoms with E-state index in [0.29, 0.717) is 0 Å². The number of hydrogen-bond acceptors (Lipinski definition) is 3. The predicted octanol–water partition coefficient (Wildman–Crippen LogP) is 2.28. The highest BCUT2D eigenvalue weighted by Crippen LogP contribution is 2.57. The van der Waals surface area contributed by atoms with Crippen LogP contribution in [0, 0.1) is 0 Å². The Morgan fingerprint density at radius 1 is 1.43 bits per heavy atom. The highest BCUT2D eigenvalue weighted by Gasteiger charge is 2.57. The SMILES string of the molecule is COc1cccc2c1O[C@H]1CCC=C3C(=O)N(C)CC[C@]321. The molecule has 2 aliphatic heterocycles. The predicted molar refractivity (Wildman–Crippen MR) is 78.7 cm³/mol. The molecule has 1 saturated heterocycles. The van der Waals surface area contributed by atoms with Gasteiger partial charge in [-0.15, -0.1) is 0 Å². The molecule has 0 radical (unpaired) electrons. The van der Waals surface area contributed by atoms with Gasteiger partial charge in [-0.1, -0.05) is 18.2 Å². The van der Waals surface area contributed by atoms with E-state index < -0.39 is 0 Å². The molecule has 0 aromatic heterocycles. The zero-order chi connectivity index (χ0) is 14.6. The van der Waals surface area contributed by atoms with Gasteiger partial charge in [-0.3, -0.25) is 4.79 Å². The number of rotatable bonds is 1. The smallest absolute Gasteiger partial charge is 0.250 e. The second-order valence-electron chi connectivity index (χ2n) is 6.09. The van der Waals surface area contributed by atoms with Crippen LogP contribution in [-0.2, 0) is 10.2 Å². The Morgan fingerprint density at radius 2 is 2.29 bits per heavy atom. The third kappa shape index (κ3) is 1.48. The number of amides is 1. The molecule has 1 fully saturated rings. The van der Waals surface area contributed by atoms with Crippen LogP contribution in [0.4, 0.5) is 0 Å². The lowest BCUT2D eigenvalue weighted by Crippen LogP contribution is -2.53. The van der Waals surface area contributed by atoms with Gasteiger partial charge in [-0.25, -0.2) is 0 Å². The second kappa shape index (κ2) is 4.26. The Bertz CT molecular complexity index is 651. The molecule has 1 aromatic carbocycles. The molecule has 3 aliphatic rings. The number of likely N-dealkylation sites (N-methyl/N-ethyl adjacent to an activating group) is 1. The largest absolute Gasteiger partial charge is 0.493 e. The van der Waals surface area contributed by atoms with Gasteiger partial charge in [-0.05, 0) is 25.3 Å². The van der Waals surface area contributed by atoms with Gasteiger partial charge < -0.3 is 14.4 Å². The number of carbonyl (C=O) groups is 1. The Labute approximate surface area is 124 Å². The van der Waals surface area contributed by atoms with Crippen LogP contribution in [-0.4, -0.2) is 37.6 Å². The molecule has 1 amide bonds. The van der Waals surface area contributed by atoms with Crippen LogP contribution in [0.3, 0.4) is 0 Å². The summed E-state index contributed by atoms with van der Waals surface area (Å²) in [6.07, 6.45) is 4.95. The zero-order valence-corrected chi connectivity index (χ0v) is 12.4. The Morgan fingerprint density at radius 3 is 3.10 bits per heavy atom. The van der Waals surface area contributed by atoms with Gasteiger partial charge in [0.15, 0.2) is 11.5 Å². The molecule has 1 aliphatic carbocycles. The molecule has 1 aromatic rings. The van der Waals surface area contributed by atoms with Crippen molar-refractivity contribution in [1.82, 2.24) is 4.90 Å². The lowest BCUT2D eigenvalue weighted by molar-refractivity contribution is -0.129. The Balaban J connectivity index is 1.94. The first-order valence-corrected chi connectivity index (χ1v) is 7.48. The molecule has 4 heteroatoms. The summed E-state index contributed by atoms with van der Waals surface area (Å²) in [7, 11) is 3.54. The summed E-state index contributed by atoms with van der Waals surface area (Å²) in [4.78, 5) is 14.4. The maximum atomic E-state index is 12.6. The third-order valence-corrected chi connectivity index (χ3v) is 5.17. The van der Waals surface area contributed by atoms with Crippen LogP contribution in [0.1, 0.15) is 24.8 Å².